The second-order valence-corrected chi connectivity index (χ2v) is 4.42. The first kappa shape index (κ1) is 13.0. The summed E-state index contributed by atoms with van der Waals surface area (Å²) in [6.07, 6.45) is 2.19. The summed E-state index contributed by atoms with van der Waals surface area (Å²) < 4.78 is 0. The molecule has 0 spiro atoms. The highest BCUT2D eigenvalue weighted by atomic mass is 16.6. The van der Waals surface area contributed by atoms with Crippen molar-refractivity contribution in [3.05, 3.63) is 45.9 Å². The van der Waals surface area contributed by atoms with Gasteiger partial charge in [0, 0.05) is 30.4 Å². The van der Waals surface area contributed by atoms with Gasteiger partial charge in [0.2, 0.25) is 5.82 Å². The molecule has 1 atom stereocenters. The number of hydrogen-bond donors (Lipinski definition) is 2. The predicted molar refractivity (Wildman–Crippen MR) is 71.0 cm³/mol. The average Bonchev–Trinajstić information content (AvgIpc) is 2.75. The maximum absolute atomic E-state index is 10.9. The van der Waals surface area contributed by atoms with E-state index in [1.54, 1.807) is 6.07 Å². The molecule has 0 aliphatic heterocycles. The van der Waals surface area contributed by atoms with Gasteiger partial charge in [0.05, 0.1) is 10.6 Å². The normalized spacial score (nSPS) is 12.1. The van der Waals surface area contributed by atoms with E-state index in [2.05, 4.69) is 20.5 Å². The van der Waals surface area contributed by atoms with Gasteiger partial charge in [-0.2, -0.15) is 5.10 Å². The lowest BCUT2D eigenvalue weighted by atomic mass is 10.2. The first-order chi connectivity index (χ1) is 9.06. The lowest BCUT2D eigenvalue weighted by molar-refractivity contribution is -0.384. The lowest BCUT2D eigenvalue weighted by Crippen LogP contribution is -2.19. The van der Waals surface area contributed by atoms with Crippen LogP contribution >= 0.6 is 0 Å². The van der Waals surface area contributed by atoms with Gasteiger partial charge < -0.3 is 5.32 Å². The lowest BCUT2D eigenvalue weighted by Gasteiger charge is -2.12. The second-order valence-electron chi connectivity index (χ2n) is 4.42. The van der Waals surface area contributed by atoms with Crippen molar-refractivity contribution in [1.82, 2.24) is 15.2 Å². The Morgan fingerprint density at radius 2 is 2.37 bits per heavy atom. The van der Waals surface area contributed by atoms with E-state index in [1.165, 1.54) is 12.3 Å². The van der Waals surface area contributed by atoms with E-state index < -0.39 is 4.92 Å². The molecular formula is C12H15N5O2. The Hall–Kier alpha value is -2.44. The molecule has 0 aliphatic carbocycles. The zero-order valence-electron chi connectivity index (χ0n) is 10.8. The molecule has 7 heteroatoms. The predicted octanol–water partition coefficient (Wildman–Crippen LogP) is 2.06. The summed E-state index contributed by atoms with van der Waals surface area (Å²) in [5, 5.41) is 20.9. The number of aromatic amines is 1. The summed E-state index contributed by atoms with van der Waals surface area (Å²) in [5.74, 6) is 0.284. The van der Waals surface area contributed by atoms with E-state index >= 15 is 0 Å². The third-order valence-corrected chi connectivity index (χ3v) is 2.64. The molecule has 2 aromatic rings. The van der Waals surface area contributed by atoms with Gasteiger partial charge in [0.25, 0.3) is 0 Å². The molecule has 2 rings (SSSR count). The molecule has 0 amide bonds. The minimum absolute atomic E-state index is 0.00343. The van der Waals surface area contributed by atoms with Crippen LogP contribution in [0.2, 0.25) is 0 Å². The van der Waals surface area contributed by atoms with Gasteiger partial charge in [-0.05, 0) is 26.0 Å². The molecule has 0 aromatic carbocycles. The van der Waals surface area contributed by atoms with Crippen molar-refractivity contribution in [3.63, 3.8) is 0 Å². The third-order valence-electron chi connectivity index (χ3n) is 2.64. The van der Waals surface area contributed by atoms with Crippen molar-refractivity contribution in [1.29, 1.82) is 0 Å². The summed E-state index contributed by atoms with van der Waals surface area (Å²) in [6.45, 7) is 3.86. The smallest absolute Gasteiger partial charge is 0.311 e. The summed E-state index contributed by atoms with van der Waals surface area (Å²) in [6, 6.07) is 4.92. The number of nitrogens with one attached hydrogen (secondary N) is 2. The number of H-pyrrole nitrogens is 1. The summed E-state index contributed by atoms with van der Waals surface area (Å²) in [4.78, 5) is 14.4. The highest BCUT2D eigenvalue weighted by molar-refractivity contribution is 5.55. The minimum atomic E-state index is -0.444. The summed E-state index contributed by atoms with van der Waals surface area (Å²) in [7, 11) is 0. The van der Waals surface area contributed by atoms with Crippen molar-refractivity contribution in [3.8, 4) is 0 Å². The van der Waals surface area contributed by atoms with Gasteiger partial charge in [-0.25, -0.2) is 4.98 Å². The molecule has 2 heterocycles. The number of nitrogens with zero attached hydrogens (tertiary/aromatic N) is 3. The monoisotopic (exact) mass is 261 g/mol. The van der Waals surface area contributed by atoms with Crippen molar-refractivity contribution < 1.29 is 4.92 Å². The number of rotatable bonds is 5. The third kappa shape index (κ3) is 3.27. The zero-order chi connectivity index (χ0) is 13.8. The number of anilines is 1. The molecule has 0 saturated heterocycles. The van der Waals surface area contributed by atoms with E-state index in [-0.39, 0.29) is 17.5 Å². The van der Waals surface area contributed by atoms with Crippen LogP contribution in [0.3, 0.4) is 0 Å². The van der Waals surface area contributed by atoms with Crippen LogP contribution in [0.4, 0.5) is 11.5 Å². The SMILES string of the molecule is Cc1cc(CC(C)Nc2ncccc2[N+](=O)[O-])n[nH]1. The molecule has 2 aromatic heterocycles. The quantitative estimate of drug-likeness (QED) is 0.634. The highest BCUT2D eigenvalue weighted by Gasteiger charge is 2.16. The van der Waals surface area contributed by atoms with Crippen LogP contribution in [0.5, 0.6) is 0 Å². The second kappa shape index (κ2) is 5.47. The van der Waals surface area contributed by atoms with E-state index in [4.69, 9.17) is 0 Å². The van der Waals surface area contributed by atoms with Crippen molar-refractivity contribution in [2.75, 3.05) is 5.32 Å². The van der Waals surface area contributed by atoms with Crippen molar-refractivity contribution in [2.24, 2.45) is 0 Å². The Morgan fingerprint density at radius 1 is 1.58 bits per heavy atom. The van der Waals surface area contributed by atoms with Crippen LogP contribution in [0, 0.1) is 17.0 Å². The van der Waals surface area contributed by atoms with Gasteiger partial charge in [0.1, 0.15) is 0 Å². The van der Waals surface area contributed by atoms with Gasteiger partial charge in [-0.15, -0.1) is 0 Å². The van der Waals surface area contributed by atoms with Crippen LogP contribution in [0.1, 0.15) is 18.3 Å². The Labute approximate surface area is 110 Å². The Morgan fingerprint density at radius 3 is 3.00 bits per heavy atom. The maximum Gasteiger partial charge on any atom is 0.311 e. The van der Waals surface area contributed by atoms with E-state index in [0.717, 1.165) is 11.4 Å². The fourth-order valence-corrected chi connectivity index (χ4v) is 1.83. The van der Waals surface area contributed by atoms with Crippen molar-refractivity contribution in [2.45, 2.75) is 26.3 Å². The van der Waals surface area contributed by atoms with E-state index in [9.17, 15) is 10.1 Å². The van der Waals surface area contributed by atoms with Crippen LogP contribution < -0.4 is 5.32 Å². The molecule has 7 nitrogen and oxygen atoms in total. The van der Waals surface area contributed by atoms with Crippen molar-refractivity contribution >= 4 is 11.5 Å². The van der Waals surface area contributed by atoms with Gasteiger partial charge in [-0.3, -0.25) is 15.2 Å². The van der Waals surface area contributed by atoms with Crippen LogP contribution in [-0.4, -0.2) is 26.1 Å². The molecule has 0 bridgehead atoms. The number of pyridine rings is 1. The molecule has 0 fully saturated rings. The zero-order valence-corrected chi connectivity index (χ0v) is 10.8. The average molecular weight is 261 g/mol. The highest BCUT2D eigenvalue weighted by Crippen LogP contribution is 2.21. The molecule has 2 N–H and O–H groups in total. The first-order valence-electron chi connectivity index (χ1n) is 5.93. The van der Waals surface area contributed by atoms with Gasteiger partial charge in [0.15, 0.2) is 0 Å². The molecule has 100 valence electrons. The molecule has 19 heavy (non-hydrogen) atoms. The summed E-state index contributed by atoms with van der Waals surface area (Å²) in [5.41, 5.74) is 1.88. The molecule has 0 aliphatic rings. The number of hydrogen-bond acceptors (Lipinski definition) is 5. The number of aryl methyl sites for hydroxylation is 1. The van der Waals surface area contributed by atoms with Gasteiger partial charge >= 0.3 is 5.69 Å². The molecule has 1 unspecified atom stereocenters. The Kier molecular flexibility index (Phi) is 3.74. The summed E-state index contributed by atoms with van der Waals surface area (Å²) >= 11 is 0. The minimum Gasteiger partial charge on any atom is -0.361 e. The number of nitro groups is 1. The standard InChI is InChI=1S/C12H15N5O2/c1-8(6-10-7-9(2)15-16-10)14-12-11(17(18)19)4-3-5-13-12/h3-5,7-8H,6H2,1-2H3,(H,13,14)(H,15,16). The van der Waals surface area contributed by atoms with Gasteiger partial charge in [-0.1, -0.05) is 0 Å². The van der Waals surface area contributed by atoms with Crippen LogP contribution in [0.15, 0.2) is 24.4 Å². The largest absolute Gasteiger partial charge is 0.361 e. The fourth-order valence-electron chi connectivity index (χ4n) is 1.83. The van der Waals surface area contributed by atoms with Crippen LogP contribution in [0.25, 0.3) is 0 Å². The molecule has 0 radical (unpaired) electrons. The molecule has 0 saturated carbocycles. The maximum atomic E-state index is 10.9. The Bertz CT molecular complexity index is 581. The van der Waals surface area contributed by atoms with Crippen LogP contribution in [-0.2, 0) is 6.42 Å². The number of aromatic nitrogens is 3. The first-order valence-corrected chi connectivity index (χ1v) is 5.93. The van der Waals surface area contributed by atoms with E-state index in [1.807, 2.05) is 19.9 Å². The topological polar surface area (TPSA) is 96.7 Å². The Balaban J connectivity index is 2.06. The molecular weight excluding hydrogens is 246 g/mol. The fraction of sp³-hybridized carbons (Fsp3) is 0.333. The van der Waals surface area contributed by atoms with E-state index in [0.29, 0.717) is 6.42 Å².